The standard InChI is InChI=1S/C12H13ClN4/c1-8-5-3-4-6-10(8)16-11-9(13)7-15-12(14-2)17-11/h3-7H,1-2H3,(H2,14,15,16,17). The van der Waals surface area contributed by atoms with Crippen molar-refractivity contribution >= 4 is 29.1 Å². The van der Waals surface area contributed by atoms with Crippen LogP contribution in [0.2, 0.25) is 5.02 Å². The van der Waals surface area contributed by atoms with Crippen molar-refractivity contribution in [2.24, 2.45) is 0 Å². The molecule has 0 saturated heterocycles. The van der Waals surface area contributed by atoms with Gasteiger partial charge in [-0.05, 0) is 18.6 Å². The van der Waals surface area contributed by atoms with E-state index in [2.05, 4.69) is 20.6 Å². The second-order valence-corrected chi connectivity index (χ2v) is 3.99. The van der Waals surface area contributed by atoms with Crippen molar-refractivity contribution in [3.63, 3.8) is 0 Å². The first-order valence-electron chi connectivity index (χ1n) is 5.23. The summed E-state index contributed by atoms with van der Waals surface area (Å²) in [5, 5.41) is 6.56. The summed E-state index contributed by atoms with van der Waals surface area (Å²) < 4.78 is 0. The lowest BCUT2D eigenvalue weighted by Gasteiger charge is -2.10. The highest BCUT2D eigenvalue weighted by molar-refractivity contribution is 6.32. The molecule has 0 amide bonds. The molecule has 88 valence electrons. The molecule has 2 aromatic rings. The molecule has 0 aliphatic heterocycles. The first kappa shape index (κ1) is 11.7. The molecule has 0 aliphatic carbocycles. The highest BCUT2D eigenvalue weighted by atomic mass is 35.5. The SMILES string of the molecule is CNc1ncc(Cl)c(Nc2ccccc2C)n1. The molecule has 1 heterocycles. The molecule has 1 aromatic heterocycles. The van der Waals surface area contributed by atoms with Crippen LogP contribution in [0.1, 0.15) is 5.56 Å². The Bertz CT molecular complexity index is 528. The van der Waals surface area contributed by atoms with Crippen LogP contribution in [0.15, 0.2) is 30.5 Å². The van der Waals surface area contributed by atoms with Crippen molar-refractivity contribution in [1.82, 2.24) is 9.97 Å². The summed E-state index contributed by atoms with van der Waals surface area (Å²) in [6.45, 7) is 2.02. The number of hydrogen-bond acceptors (Lipinski definition) is 4. The zero-order valence-electron chi connectivity index (χ0n) is 9.66. The summed E-state index contributed by atoms with van der Waals surface area (Å²) in [5.41, 5.74) is 2.11. The Morgan fingerprint density at radius 2 is 2.00 bits per heavy atom. The minimum Gasteiger partial charge on any atom is -0.357 e. The van der Waals surface area contributed by atoms with Crippen LogP contribution in [0, 0.1) is 6.92 Å². The number of aryl methyl sites for hydroxylation is 1. The number of nitrogens with zero attached hydrogens (tertiary/aromatic N) is 2. The van der Waals surface area contributed by atoms with E-state index in [1.54, 1.807) is 13.2 Å². The maximum atomic E-state index is 6.04. The molecule has 0 unspecified atom stereocenters. The second kappa shape index (κ2) is 5.01. The first-order chi connectivity index (χ1) is 8.20. The van der Waals surface area contributed by atoms with Gasteiger partial charge in [0.2, 0.25) is 5.95 Å². The van der Waals surface area contributed by atoms with Gasteiger partial charge in [0.15, 0.2) is 5.82 Å². The van der Waals surface area contributed by atoms with Gasteiger partial charge < -0.3 is 10.6 Å². The molecule has 2 rings (SSSR count). The molecule has 0 fully saturated rings. The number of nitrogens with one attached hydrogen (secondary N) is 2. The zero-order chi connectivity index (χ0) is 12.3. The lowest BCUT2D eigenvalue weighted by molar-refractivity contribution is 1.15. The molecule has 17 heavy (non-hydrogen) atoms. The van der Waals surface area contributed by atoms with Crippen LogP contribution >= 0.6 is 11.6 Å². The van der Waals surface area contributed by atoms with Crippen LogP contribution in [0.4, 0.5) is 17.5 Å². The summed E-state index contributed by atoms with van der Waals surface area (Å²) in [6, 6.07) is 7.95. The number of rotatable bonds is 3. The maximum absolute atomic E-state index is 6.04. The highest BCUT2D eigenvalue weighted by Crippen LogP contribution is 2.25. The van der Waals surface area contributed by atoms with Crippen molar-refractivity contribution in [3.05, 3.63) is 41.0 Å². The van der Waals surface area contributed by atoms with Gasteiger partial charge in [0.25, 0.3) is 0 Å². The molecule has 0 spiro atoms. The number of benzene rings is 1. The van der Waals surface area contributed by atoms with Gasteiger partial charge >= 0.3 is 0 Å². The quantitative estimate of drug-likeness (QED) is 0.876. The van der Waals surface area contributed by atoms with E-state index in [4.69, 9.17) is 11.6 Å². The van der Waals surface area contributed by atoms with Crippen molar-refractivity contribution in [2.45, 2.75) is 6.92 Å². The predicted molar refractivity (Wildman–Crippen MR) is 71.1 cm³/mol. The fourth-order valence-electron chi connectivity index (χ4n) is 1.42. The molecule has 5 heteroatoms. The fraction of sp³-hybridized carbons (Fsp3) is 0.167. The average molecular weight is 249 g/mol. The highest BCUT2D eigenvalue weighted by Gasteiger charge is 2.06. The van der Waals surface area contributed by atoms with Crippen molar-refractivity contribution in [2.75, 3.05) is 17.7 Å². The monoisotopic (exact) mass is 248 g/mol. The van der Waals surface area contributed by atoms with Crippen LogP contribution in [0.5, 0.6) is 0 Å². The van der Waals surface area contributed by atoms with Crippen molar-refractivity contribution in [3.8, 4) is 0 Å². The van der Waals surface area contributed by atoms with Crippen molar-refractivity contribution in [1.29, 1.82) is 0 Å². The third kappa shape index (κ3) is 2.65. The van der Waals surface area contributed by atoms with Crippen LogP contribution in [-0.2, 0) is 0 Å². The van der Waals surface area contributed by atoms with E-state index in [1.165, 1.54) is 0 Å². The number of anilines is 3. The Morgan fingerprint density at radius 1 is 1.24 bits per heavy atom. The fourth-order valence-corrected chi connectivity index (χ4v) is 1.55. The van der Waals surface area contributed by atoms with Crippen LogP contribution in [0.25, 0.3) is 0 Å². The Balaban J connectivity index is 2.32. The summed E-state index contributed by atoms with van der Waals surface area (Å²) in [4.78, 5) is 8.29. The summed E-state index contributed by atoms with van der Waals surface area (Å²) >= 11 is 6.04. The van der Waals surface area contributed by atoms with E-state index in [9.17, 15) is 0 Å². The molecule has 0 radical (unpaired) electrons. The molecule has 0 bridgehead atoms. The average Bonchev–Trinajstić information content (AvgIpc) is 2.35. The van der Waals surface area contributed by atoms with Gasteiger partial charge in [-0.15, -0.1) is 0 Å². The number of aromatic nitrogens is 2. The van der Waals surface area contributed by atoms with Gasteiger partial charge in [-0.3, -0.25) is 0 Å². The van der Waals surface area contributed by atoms with Crippen LogP contribution in [0.3, 0.4) is 0 Å². The molecular weight excluding hydrogens is 236 g/mol. The first-order valence-corrected chi connectivity index (χ1v) is 5.61. The number of hydrogen-bond donors (Lipinski definition) is 2. The third-order valence-corrected chi connectivity index (χ3v) is 2.64. The minimum absolute atomic E-state index is 0.493. The number of halogens is 1. The summed E-state index contributed by atoms with van der Waals surface area (Å²) in [7, 11) is 1.76. The van der Waals surface area contributed by atoms with Crippen LogP contribution < -0.4 is 10.6 Å². The Labute approximate surface area is 105 Å². The molecule has 0 aliphatic rings. The largest absolute Gasteiger partial charge is 0.357 e. The Morgan fingerprint density at radius 3 is 2.71 bits per heavy atom. The normalized spacial score (nSPS) is 10.1. The van der Waals surface area contributed by atoms with Gasteiger partial charge in [-0.25, -0.2) is 4.98 Å². The van der Waals surface area contributed by atoms with E-state index in [0.29, 0.717) is 16.8 Å². The molecular formula is C12H13ClN4. The smallest absolute Gasteiger partial charge is 0.224 e. The lowest BCUT2D eigenvalue weighted by Crippen LogP contribution is -2.01. The van der Waals surface area contributed by atoms with E-state index < -0.39 is 0 Å². The van der Waals surface area contributed by atoms with Crippen molar-refractivity contribution < 1.29 is 0 Å². The molecule has 2 N–H and O–H groups in total. The minimum atomic E-state index is 0.493. The van der Waals surface area contributed by atoms with E-state index >= 15 is 0 Å². The Kier molecular flexibility index (Phi) is 3.44. The lowest BCUT2D eigenvalue weighted by atomic mass is 10.2. The number of para-hydroxylation sites is 1. The van der Waals surface area contributed by atoms with Gasteiger partial charge in [-0.2, -0.15) is 4.98 Å². The van der Waals surface area contributed by atoms with Gasteiger partial charge in [0.05, 0.1) is 6.20 Å². The van der Waals surface area contributed by atoms with Gasteiger partial charge in [-0.1, -0.05) is 29.8 Å². The summed E-state index contributed by atoms with van der Waals surface area (Å²) in [6.07, 6.45) is 1.57. The van der Waals surface area contributed by atoms with Crippen LogP contribution in [-0.4, -0.2) is 17.0 Å². The zero-order valence-corrected chi connectivity index (χ0v) is 10.4. The molecule has 1 aromatic carbocycles. The third-order valence-electron chi connectivity index (χ3n) is 2.37. The summed E-state index contributed by atoms with van der Waals surface area (Å²) in [5.74, 6) is 1.13. The predicted octanol–water partition coefficient (Wildman–Crippen LogP) is 3.22. The van der Waals surface area contributed by atoms with E-state index in [1.807, 2.05) is 31.2 Å². The topological polar surface area (TPSA) is 49.8 Å². The molecule has 0 atom stereocenters. The maximum Gasteiger partial charge on any atom is 0.224 e. The van der Waals surface area contributed by atoms with E-state index in [0.717, 1.165) is 11.3 Å². The molecule has 0 saturated carbocycles. The second-order valence-electron chi connectivity index (χ2n) is 3.58. The molecule has 4 nitrogen and oxygen atoms in total. The van der Waals surface area contributed by atoms with Gasteiger partial charge in [0, 0.05) is 12.7 Å². The van der Waals surface area contributed by atoms with E-state index in [-0.39, 0.29) is 0 Å². The van der Waals surface area contributed by atoms with Gasteiger partial charge in [0.1, 0.15) is 5.02 Å². The Hall–Kier alpha value is -1.81.